The number of likely N-dealkylation sites (N-methyl/N-ethyl adjacent to an activating group) is 10. The summed E-state index contributed by atoms with van der Waals surface area (Å²) in [5.74, 6) is 0. The number of hydrogen-bond acceptors (Lipinski definition) is 10. The molecule has 0 spiro atoms. The lowest BCUT2D eigenvalue weighted by atomic mass is 10.2. The fraction of sp³-hybridized carbons (Fsp3) is 1.00. The largest absolute Gasteiger partial charge is 0.376 e. The smallest absolute Gasteiger partial charge is 0.102 e. The minimum atomic E-state index is 0.00485. The normalized spacial score (nSPS) is 13.1. The first-order valence-corrected chi connectivity index (χ1v) is 58.5. The third-order valence-corrected chi connectivity index (χ3v) is 27.1. The standard InChI is InChI=1S/C15H34NO.2C14H32NO.C13H30NO.2C12H28NO.C11H26NO.2C9H22NO.C8H20NO/c1-5-9-12-16(8-4,11-7-3)13-15-17-14-10-6-2;1-6-9-11-15(8-3,10-7-2)12-13-16-14(4)5;1-5-9-13-16-14-12-15(8-4,10-6-2)11-7-3;1-6-9-14(8-3,10-7-2)11-12-15-13(4)5;1-7-13(8-2,9-3)10-11-14-12(4,5)6;1-5-9-11-14-12-10-13(6-2,7-3)8-4;1-6-12(7-2,8-3)9-10-13-11(4)5;1-9(2,3)11-8-7-10(4,5)6;1-5-6-8-11-9-7-10(2,3)4;1-8(2)10-7-6-9(3,4)5/h5-15H2,1-4H3;14H,6-13H2,1-5H3;5-14H2,1-4H3;13H,6-12H2,1-5H3;7-11H2,1-6H3;5-12H2,1-4H3;11H,6-10H2,1-5H3;7-8H2,1-6H3;5-9H2,1-4H3;8H,6-7H2,1-5H3/q10*+1. The zero-order valence-electron chi connectivity index (χ0n) is 104. The van der Waals surface area contributed by atoms with Crippen LogP contribution in [0.5, 0.6) is 0 Å². The van der Waals surface area contributed by atoms with Crippen LogP contribution in [-0.4, -0.2) is 439 Å². The third kappa shape index (κ3) is 109. The topological polar surface area (TPSA) is 92.3 Å². The molecule has 20 nitrogen and oxygen atoms in total. The van der Waals surface area contributed by atoms with Crippen LogP contribution < -0.4 is 0 Å². The summed E-state index contributed by atoms with van der Waals surface area (Å²) in [4.78, 5) is 0. The Balaban J connectivity index is -0.000000164. The van der Waals surface area contributed by atoms with Crippen molar-refractivity contribution >= 4 is 0 Å². The van der Waals surface area contributed by atoms with Crippen molar-refractivity contribution < 1.29 is 92.2 Å². The van der Waals surface area contributed by atoms with E-state index in [1.165, 1.54) is 317 Å². The maximum absolute atomic E-state index is 5.77. The Bertz CT molecular complexity index is 2260. The van der Waals surface area contributed by atoms with Crippen LogP contribution in [-0.2, 0) is 47.4 Å². The lowest BCUT2D eigenvalue weighted by Crippen LogP contribution is -2.51. The van der Waals surface area contributed by atoms with E-state index in [2.05, 4.69) is 333 Å². The number of rotatable bonds is 77. The van der Waals surface area contributed by atoms with E-state index in [1.807, 2.05) is 0 Å². The molecule has 0 N–H and O–H groups in total. The Morgan fingerprint density at radius 2 is 0.314 bits per heavy atom. The molecule has 0 aliphatic carbocycles. The predicted octanol–water partition coefficient (Wildman–Crippen LogP) is 25.6. The summed E-state index contributed by atoms with van der Waals surface area (Å²) in [7, 11) is 19.6. The molecular weight excluding hydrogens is 1710 g/mol. The highest BCUT2D eigenvalue weighted by Gasteiger charge is 2.29. The molecule has 0 aliphatic heterocycles. The summed E-state index contributed by atoms with van der Waals surface area (Å²) in [5.41, 5.74) is 0.0139. The molecule has 137 heavy (non-hydrogen) atoms. The van der Waals surface area contributed by atoms with Crippen molar-refractivity contribution in [3.8, 4) is 0 Å². The lowest BCUT2D eigenvalue weighted by molar-refractivity contribution is -0.927. The van der Waals surface area contributed by atoms with Gasteiger partial charge in [0.15, 0.2) is 0 Å². The van der Waals surface area contributed by atoms with Crippen molar-refractivity contribution in [1.29, 1.82) is 0 Å². The fourth-order valence-corrected chi connectivity index (χ4v) is 16.2. The zero-order chi connectivity index (χ0) is 108. The van der Waals surface area contributed by atoms with Crippen LogP contribution in [0, 0.1) is 0 Å². The summed E-state index contributed by atoms with van der Waals surface area (Å²) >= 11 is 0. The van der Waals surface area contributed by atoms with Crippen molar-refractivity contribution in [2.45, 2.75) is 421 Å². The number of quaternary nitrogens is 10. The van der Waals surface area contributed by atoms with Gasteiger partial charge in [-0.2, -0.15) is 0 Å². The van der Waals surface area contributed by atoms with E-state index in [-0.39, 0.29) is 11.2 Å². The van der Waals surface area contributed by atoms with Gasteiger partial charge in [-0.05, 0) is 264 Å². The number of unbranched alkanes of at least 4 members (excludes halogenated alkanes) is 6. The van der Waals surface area contributed by atoms with Gasteiger partial charge in [0.1, 0.15) is 65.4 Å². The van der Waals surface area contributed by atoms with Gasteiger partial charge in [-0.3, -0.25) is 0 Å². The molecule has 0 saturated heterocycles. The van der Waals surface area contributed by atoms with Crippen LogP contribution in [0.4, 0.5) is 0 Å². The van der Waals surface area contributed by atoms with E-state index >= 15 is 0 Å². The summed E-state index contributed by atoms with van der Waals surface area (Å²) in [6.07, 6.45) is 24.2. The van der Waals surface area contributed by atoms with Gasteiger partial charge in [0.25, 0.3) is 0 Å². The molecule has 0 fully saturated rings. The molecule has 20 heteroatoms. The minimum Gasteiger partial charge on any atom is -0.376 e. The second-order valence-corrected chi connectivity index (χ2v) is 45.6. The maximum Gasteiger partial charge on any atom is 0.102 e. The highest BCUT2D eigenvalue weighted by molar-refractivity contribution is 4.60. The summed E-state index contributed by atoms with van der Waals surface area (Å²) < 4.78 is 67.7. The number of hydrogen-bond donors (Lipinski definition) is 0. The summed E-state index contributed by atoms with van der Waals surface area (Å²) in [5, 5.41) is 0. The fourth-order valence-electron chi connectivity index (χ4n) is 16.2. The summed E-state index contributed by atoms with van der Waals surface area (Å²) in [6.45, 7) is 137. The molecule has 0 saturated carbocycles. The van der Waals surface area contributed by atoms with Gasteiger partial charge in [-0.1, -0.05) is 122 Å². The molecule has 0 bridgehead atoms. The molecular formula is C117H274N10O10+10. The van der Waals surface area contributed by atoms with Gasteiger partial charge >= 0.3 is 0 Å². The second-order valence-electron chi connectivity index (χ2n) is 45.6. The maximum atomic E-state index is 5.77. The van der Waals surface area contributed by atoms with Gasteiger partial charge < -0.3 is 92.2 Å². The van der Waals surface area contributed by atoms with Crippen molar-refractivity contribution in [2.75, 3.05) is 359 Å². The first-order chi connectivity index (χ1) is 64.1. The lowest BCUT2D eigenvalue weighted by Gasteiger charge is -2.38. The molecule has 0 aliphatic rings. The van der Waals surface area contributed by atoms with Gasteiger partial charge in [0.2, 0.25) is 0 Å². The van der Waals surface area contributed by atoms with Crippen LogP contribution in [0.15, 0.2) is 0 Å². The van der Waals surface area contributed by atoms with E-state index in [9.17, 15) is 0 Å². The number of nitrogens with zero attached hydrogens (tertiary/aromatic N) is 10. The minimum absolute atomic E-state index is 0.00485. The van der Waals surface area contributed by atoms with Gasteiger partial charge in [-0.15, -0.1) is 0 Å². The van der Waals surface area contributed by atoms with E-state index in [4.69, 9.17) is 47.4 Å². The van der Waals surface area contributed by atoms with E-state index < -0.39 is 0 Å². The predicted molar refractivity (Wildman–Crippen MR) is 611 cm³/mol. The van der Waals surface area contributed by atoms with Crippen molar-refractivity contribution in [3.63, 3.8) is 0 Å². The van der Waals surface area contributed by atoms with Crippen molar-refractivity contribution in [3.05, 3.63) is 0 Å². The van der Waals surface area contributed by atoms with Crippen molar-refractivity contribution in [2.24, 2.45) is 0 Å². The number of ether oxygens (including phenoxy) is 10. The monoisotopic (exact) mass is 1980 g/mol. The molecule has 842 valence electrons. The van der Waals surface area contributed by atoms with Crippen molar-refractivity contribution in [1.82, 2.24) is 0 Å². The quantitative estimate of drug-likeness (QED) is 0.0433. The van der Waals surface area contributed by atoms with Gasteiger partial charge in [0.05, 0.1) is 303 Å². The molecule has 0 aromatic rings. The average molecular weight is 1980 g/mol. The molecule has 2 atom stereocenters. The van der Waals surface area contributed by atoms with Gasteiger partial charge in [-0.25, -0.2) is 0 Å². The van der Waals surface area contributed by atoms with Crippen LogP contribution in [0.3, 0.4) is 0 Å². The molecule has 0 rings (SSSR count). The van der Waals surface area contributed by atoms with E-state index in [1.54, 1.807) is 0 Å². The molecule has 0 radical (unpaired) electrons. The second kappa shape index (κ2) is 99.8. The highest BCUT2D eigenvalue weighted by Crippen LogP contribution is 2.18. The van der Waals surface area contributed by atoms with Crippen LogP contribution in [0.25, 0.3) is 0 Å². The Hall–Kier alpha value is -0.800. The molecule has 2 unspecified atom stereocenters. The van der Waals surface area contributed by atoms with Crippen LogP contribution >= 0.6 is 0 Å². The molecule has 0 amide bonds. The first-order valence-electron chi connectivity index (χ1n) is 58.5. The van der Waals surface area contributed by atoms with E-state index in [0.29, 0.717) is 24.4 Å². The Morgan fingerprint density at radius 3 is 0.496 bits per heavy atom. The highest BCUT2D eigenvalue weighted by atomic mass is 16.5. The molecule has 0 aromatic heterocycles. The average Bonchev–Trinajstić information content (AvgIpc) is 0.884. The third-order valence-electron chi connectivity index (χ3n) is 27.1. The molecule has 0 aromatic carbocycles. The SMILES string of the molecule is CC(C)(C)OCC[N+](C)(C)C.CC(C)OCC[N+](C)(C)C.CCCCOCC[N+](C)(C)C.CCCCOCC[N+](CC)(CC)CC.CCCCOCC[N+](CC)(CCC)CCC.CCCCOCC[N+](CC)(CCC)CCCC.CCCC[N+](CC)(CCC)CCOC(C)C.CCC[N+](CC)(CCC)CCOC(C)C.CC[N+](CC)(CC)CCOC(C)(C)C.CC[N+](CC)(CC)CCOC(C)C. The van der Waals surface area contributed by atoms with E-state index in [0.717, 1.165) is 139 Å². The first kappa shape index (κ1) is 156. The zero-order valence-corrected chi connectivity index (χ0v) is 104. The van der Waals surface area contributed by atoms with Crippen LogP contribution in [0.1, 0.15) is 386 Å². The Labute approximate surface area is 867 Å². The summed E-state index contributed by atoms with van der Waals surface area (Å²) in [6, 6.07) is 0. The van der Waals surface area contributed by atoms with Crippen LogP contribution in [0.2, 0.25) is 0 Å². The molecule has 0 heterocycles. The van der Waals surface area contributed by atoms with Gasteiger partial charge in [0, 0.05) is 26.4 Å². The Kier molecular flexibility index (Phi) is 114. The Morgan fingerprint density at radius 1 is 0.161 bits per heavy atom.